The highest BCUT2D eigenvalue weighted by atomic mass is 32.2. The van der Waals surface area contributed by atoms with E-state index in [9.17, 15) is 8.42 Å². The van der Waals surface area contributed by atoms with Gasteiger partial charge in [0.25, 0.3) is 10.2 Å². The Morgan fingerprint density at radius 2 is 1.67 bits per heavy atom. The molecule has 0 saturated heterocycles. The molecule has 1 atom stereocenters. The molecule has 0 saturated carbocycles. The number of nitrogens with two attached hydrogens (primary N) is 1. The Morgan fingerprint density at radius 3 is 2.00 bits per heavy atom. The molecule has 0 aliphatic heterocycles. The van der Waals surface area contributed by atoms with Gasteiger partial charge in [0, 0.05) is 26.7 Å². The second kappa shape index (κ2) is 5.79. The van der Waals surface area contributed by atoms with E-state index in [1.165, 1.54) is 8.61 Å². The molecule has 0 bridgehead atoms. The molecule has 0 heterocycles. The van der Waals surface area contributed by atoms with Crippen molar-refractivity contribution in [2.45, 2.75) is 26.8 Å². The second-order valence-electron chi connectivity index (χ2n) is 4.24. The van der Waals surface area contributed by atoms with E-state index in [0.717, 1.165) is 0 Å². The van der Waals surface area contributed by atoms with Gasteiger partial charge in [-0.2, -0.15) is 17.0 Å². The molecule has 5 nitrogen and oxygen atoms in total. The molecule has 0 radical (unpaired) electrons. The zero-order valence-corrected chi connectivity index (χ0v) is 11.1. The van der Waals surface area contributed by atoms with Gasteiger partial charge in [-0.05, 0) is 26.3 Å². The van der Waals surface area contributed by atoms with E-state index in [1.807, 2.05) is 20.8 Å². The van der Waals surface area contributed by atoms with Gasteiger partial charge >= 0.3 is 0 Å². The lowest BCUT2D eigenvalue weighted by Gasteiger charge is -2.28. The molecule has 1 unspecified atom stereocenters. The number of hydrogen-bond donors (Lipinski definition) is 1. The molecule has 0 aliphatic carbocycles. The first-order valence-electron chi connectivity index (χ1n) is 5.12. The minimum Gasteiger partial charge on any atom is -0.330 e. The fourth-order valence-corrected chi connectivity index (χ4v) is 2.51. The van der Waals surface area contributed by atoms with E-state index in [-0.39, 0.29) is 12.0 Å². The lowest BCUT2D eigenvalue weighted by Crippen LogP contribution is -2.44. The van der Waals surface area contributed by atoms with Crippen LogP contribution in [0.3, 0.4) is 0 Å². The molecule has 0 aromatic heterocycles. The lowest BCUT2D eigenvalue weighted by molar-refractivity contribution is 0.337. The molecule has 6 heteroatoms. The van der Waals surface area contributed by atoms with E-state index in [4.69, 9.17) is 5.73 Å². The van der Waals surface area contributed by atoms with Crippen molar-refractivity contribution in [1.29, 1.82) is 0 Å². The maximum absolute atomic E-state index is 11.9. The summed E-state index contributed by atoms with van der Waals surface area (Å²) >= 11 is 0. The predicted molar refractivity (Wildman–Crippen MR) is 62.7 cm³/mol. The van der Waals surface area contributed by atoms with Crippen molar-refractivity contribution >= 4 is 10.2 Å². The van der Waals surface area contributed by atoms with E-state index in [0.29, 0.717) is 13.1 Å². The Balaban J connectivity index is 4.59. The highest BCUT2D eigenvalue weighted by molar-refractivity contribution is 7.86. The van der Waals surface area contributed by atoms with Gasteiger partial charge in [-0.3, -0.25) is 0 Å². The summed E-state index contributed by atoms with van der Waals surface area (Å²) in [5.41, 5.74) is 5.46. The monoisotopic (exact) mass is 237 g/mol. The van der Waals surface area contributed by atoms with Crippen LogP contribution in [0, 0.1) is 5.92 Å². The first kappa shape index (κ1) is 14.8. The Bertz CT molecular complexity index is 277. The smallest absolute Gasteiger partial charge is 0.281 e. The van der Waals surface area contributed by atoms with Crippen molar-refractivity contribution in [3.05, 3.63) is 0 Å². The summed E-state index contributed by atoms with van der Waals surface area (Å²) in [6, 6.07) is -0.0365. The number of hydrogen-bond acceptors (Lipinski definition) is 3. The molecule has 0 spiro atoms. The molecule has 2 N–H and O–H groups in total. The van der Waals surface area contributed by atoms with Crippen LogP contribution >= 0.6 is 0 Å². The van der Waals surface area contributed by atoms with Crippen LogP contribution in [0.2, 0.25) is 0 Å². The van der Waals surface area contributed by atoms with Crippen molar-refractivity contribution in [3.63, 3.8) is 0 Å². The molecule has 0 aliphatic rings. The third-order valence-corrected chi connectivity index (χ3v) is 4.54. The normalized spacial score (nSPS) is 15.3. The fraction of sp³-hybridized carbons (Fsp3) is 1.00. The van der Waals surface area contributed by atoms with Gasteiger partial charge in [0.15, 0.2) is 0 Å². The maximum atomic E-state index is 11.9. The quantitative estimate of drug-likeness (QED) is 0.712. The summed E-state index contributed by atoms with van der Waals surface area (Å²) in [5, 5.41) is 0. The van der Waals surface area contributed by atoms with Crippen molar-refractivity contribution in [2.24, 2.45) is 11.7 Å². The van der Waals surface area contributed by atoms with Gasteiger partial charge in [0.2, 0.25) is 0 Å². The molecule has 92 valence electrons. The summed E-state index contributed by atoms with van der Waals surface area (Å²) in [6.07, 6.45) is 0. The average molecular weight is 237 g/mol. The van der Waals surface area contributed by atoms with Gasteiger partial charge in [0.05, 0.1) is 0 Å². The molecule has 0 aromatic carbocycles. The Morgan fingerprint density at radius 1 is 1.20 bits per heavy atom. The van der Waals surface area contributed by atoms with Crippen LogP contribution in [0.5, 0.6) is 0 Å². The second-order valence-corrected chi connectivity index (χ2v) is 6.33. The van der Waals surface area contributed by atoms with Crippen LogP contribution in [-0.4, -0.2) is 50.3 Å². The van der Waals surface area contributed by atoms with Crippen LogP contribution in [0.4, 0.5) is 0 Å². The van der Waals surface area contributed by atoms with Gasteiger partial charge in [0.1, 0.15) is 0 Å². The van der Waals surface area contributed by atoms with Crippen LogP contribution in [0.1, 0.15) is 20.8 Å². The zero-order chi connectivity index (χ0) is 12.2. The van der Waals surface area contributed by atoms with Gasteiger partial charge in [-0.1, -0.05) is 6.92 Å². The Kier molecular flexibility index (Phi) is 5.72. The molecule has 0 rings (SSSR count). The van der Waals surface area contributed by atoms with Gasteiger partial charge in [-0.15, -0.1) is 0 Å². The summed E-state index contributed by atoms with van der Waals surface area (Å²) in [4.78, 5) is 0. The largest absolute Gasteiger partial charge is 0.330 e. The van der Waals surface area contributed by atoms with Crippen LogP contribution in [0.25, 0.3) is 0 Å². The first-order valence-corrected chi connectivity index (χ1v) is 6.52. The molecule has 0 aromatic rings. The summed E-state index contributed by atoms with van der Waals surface area (Å²) in [7, 11) is -0.162. The molecular formula is C9H23N3O2S. The van der Waals surface area contributed by atoms with Crippen LogP contribution < -0.4 is 5.73 Å². The Labute approximate surface area is 93.4 Å². The lowest BCUT2D eigenvalue weighted by atomic mass is 10.2. The minimum atomic E-state index is -3.33. The highest BCUT2D eigenvalue weighted by Crippen LogP contribution is 2.09. The van der Waals surface area contributed by atoms with Crippen LogP contribution in [-0.2, 0) is 10.2 Å². The third-order valence-electron chi connectivity index (χ3n) is 2.46. The van der Waals surface area contributed by atoms with Crippen LogP contribution in [0.15, 0.2) is 0 Å². The average Bonchev–Trinajstić information content (AvgIpc) is 2.15. The van der Waals surface area contributed by atoms with E-state index in [2.05, 4.69) is 0 Å². The van der Waals surface area contributed by atoms with Crippen molar-refractivity contribution in [2.75, 3.05) is 27.2 Å². The molecule has 15 heavy (non-hydrogen) atoms. The van der Waals surface area contributed by atoms with E-state index in [1.54, 1.807) is 14.1 Å². The van der Waals surface area contributed by atoms with Crippen molar-refractivity contribution < 1.29 is 8.42 Å². The Hall–Kier alpha value is -0.170. The van der Waals surface area contributed by atoms with E-state index < -0.39 is 10.2 Å². The fourth-order valence-electron chi connectivity index (χ4n) is 1.09. The molecule has 0 amide bonds. The standard InChI is InChI=1S/C9H23N3O2S/c1-8(2)12(5)15(13,14)11(4)7-9(3)6-10/h8-9H,6-7,10H2,1-5H3. The van der Waals surface area contributed by atoms with Crippen molar-refractivity contribution in [3.8, 4) is 0 Å². The van der Waals surface area contributed by atoms with Gasteiger partial charge < -0.3 is 5.73 Å². The number of nitrogens with zero attached hydrogens (tertiary/aromatic N) is 2. The summed E-state index contributed by atoms with van der Waals surface area (Å²) in [5.74, 6) is 0.172. The third kappa shape index (κ3) is 4.06. The van der Waals surface area contributed by atoms with Gasteiger partial charge in [-0.25, -0.2) is 0 Å². The summed E-state index contributed by atoms with van der Waals surface area (Å²) in [6.45, 7) is 6.57. The maximum Gasteiger partial charge on any atom is 0.281 e. The van der Waals surface area contributed by atoms with E-state index >= 15 is 0 Å². The predicted octanol–water partition coefficient (Wildman–Crippen LogP) is 0.0980. The number of rotatable bonds is 6. The zero-order valence-electron chi connectivity index (χ0n) is 10.3. The highest BCUT2D eigenvalue weighted by Gasteiger charge is 2.26. The summed E-state index contributed by atoms with van der Waals surface area (Å²) < 4.78 is 26.6. The van der Waals surface area contributed by atoms with Crippen molar-refractivity contribution in [1.82, 2.24) is 8.61 Å². The topological polar surface area (TPSA) is 66.6 Å². The molecular weight excluding hydrogens is 214 g/mol. The minimum absolute atomic E-state index is 0.0365. The molecule has 0 fully saturated rings. The SMILES string of the molecule is CC(CN)CN(C)S(=O)(=O)N(C)C(C)C. The first-order chi connectivity index (χ1) is 6.73.